The van der Waals surface area contributed by atoms with Gasteiger partial charge in [-0.05, 0) is 18.6 Å². The number of hydrogen-bond acceptors (Lipinski definition) is 4. The third kappa shape index (κ3) is 4.59. The Morgan fingerprint density at radius 1 is 1.36 bits per heavy atom. The molecule has 0 aliphatic carbocycles. The Balaban J connectivity index is 1.52. The summed E-state index contributed by atoms with van der Waals surface area (Å²) in [5.74, 6) is 1.26. The van der Waals surface area contributed by atoms with E-state index >= 15 is 0 Å². The summed E-state index contributed by atoms with van der Waals surface area (Å²) in [6.07, 6.45) is -1.65. The first-order chi connectivity index (χ1) is 11.9. The number of aromatic nitrogens is 3. The fraction of sp³-hybridized carbons (Fsp3) is 0.533. The Labute approximate surface area is 142 Å². The first-order valence-corrected chi connectivity index (χ1v) is 7.99. The summed E-state index contributed by atoms with van der Waals surface area (Å²) in [4.78, 5) is 5.53. The van der Waals surface area contributed by atoms with Crippen LogP contribution in [0.5, 0.6) is 0 Å². The van der Waals surface area contributed by atoms with Gasteiger partial charge in [0.25, 0.3) is 0 Å². The predicted octanol–water partition coefficient (Wildman–Crippen LogP) is 1.03. The lowest BCUT2D eigenvalue weighted by Crippen LogP contribution is -2.45. The summed E-state index contributed by atoms with van der Waals surface area (Å²) in [5, 5.41) is 14.5. The van der Waals surface area contributed by atoms with Crippen LogP contribution in [0.25, 0.3) is 5.65 Å². The van der Waals surface area contributed by atoms with E-state index in [0.29, 0.717) is 32.0 Å². The normalized spacial score (nSPS) is 19.5. The Bertz CT molecular complexity index is 740. The van der Waals surface area contributed by atoms with Crippen LogP contribution in [-0.4, -0.2) is 64.4 Å². The van der Waals surface area contributed by atoms with Crippen LogP contribution in [0, 0.1) is 0 Å². The van der Waals surface area contributed by atoms with E-state index in [0.717, 1.165) is 11.5 Å². The number of fused-ring (bicyclic) bond motifs is 1. The molecule has 1 saturated heterocycles. The fourth-order valence-corrected chi connectivity index (χ4v) is 2.91. The molecule has 1 aliphatic rings. The van der Waals surface area contributed by atoms with Gasteiger partial charge in [-0.1, -0.05) is 6.07 Å². The zero-order valence-corrected chi connectivity index (χ0v) is 13.8. The van der Waals surface area contributed by atoms with Crippen molar-refractivity contribution >= 4 is 11.6 Å². The first kappa shape index (κ1) is 17.5. The Hall–Kier alpha value is -2.36. The standard InChI is InChI=1S/C15H20F3N7/c1-19-14(21-11-5-7-24(9-11)10-15(16,17)18)20-8-13-23-22-12-4-2-3-6-25(12)13/h2-4,6,11H,5,7-10H2,1H3,(H2,19,20,21). The van der Waals surface area contributed by atoms with Gasteiger partial charge in [0, 0.05) is 32.4 Å². The molecule has 2 aromatic heterocycles. The summed E-state index contributed by atoms with van der Waals surface area (Å²) >= 11 is 0. The molecular formula is C15H20F3N7. The van der Waals surface area contributed by atoms with Gasteiger partial charge < -0.3 is 10.6 Å². The average Bonchev–Trinajstić information content (AvgIpc) is 3.16. The van der Waals surface area contributed by atoms with E-state index in [1.807, 2.05) is 28.8 Å². The second kappa shape index (κ2) is 7.26. The number of pyridine rings is 1. The van der Waals surface area contributed by atoms with Crippen LogP contribution in [0.15, 0.2) is 29.4 Å². The molecule has 7 nitrogen and oxygen atoms in total. The zero-order valence-electron chi connectivity index (χ0n) is 13.8. The number of guanidine groups is 1. The molecule has 1 aliphatic heterocycles. The number of aliphatic imine (C=N–C) groups is 1. The van der Waals surface area contributed by atoms with Crippen molar-refractivity contribution in [3.05, 3.63) is 30.2 Å². The zero-order chi connectivity index (χ0) is 17.9. The van der Waals surface area contributed by atoms with Crippen molar-refractivity contribution in [2.75, 3.05) is 26.7 Å². The molecule has 136 valence electrons. The number of nitrogens with zero attached hydrogens (tertiary/aromatic N) is 5. The summed E-state index contributed by atoms with van der Waals surface area (Å²) in [6, 6.07) is 5.57. The average molecular weight is 355 g/mol. The lowest BCUT2D eigenvalue weighted by atomic mass is 10.3. The van der Waals surface area contributed by atoms with Crippen LogP contribution < -0.4 is 10.6 Å². The van der Waals surface area contributed by atoms with E-state index < -0.39 is 12.7 Å². The number of halogens is 3. The van der Waals surface area contributed by atoms with E-state index in [1.54, 1.807) is 7.05 Å². The van der Waals surface area contributed by atoms with Crippen molar-refractivity contribution in [3.8, 4) is 0 Å². The van der Waals surface area contributed by atoms with Crippen molar-refractivity contribution in [1.29, 1.82) is 0 Å². The van der Waals surface area contributed by atoms with Crippen LogP contribution in [0.2, 0.25) is 0 Å². The molecule has 1 fully saturated rings. The van der Waals surface area contributed by atoms with Crippen molar-refractivity contribution in [1.82, 2.24) is 30.1 Å². The Morgan fingerprint density at radius 2 is 2.20 bits per heavy atom. The molecule has 0 radical (unpaired) electrons. The van der Waals surface area contributed by atoms with E-state index in [1.165, 1.54) is 4.90 Å². The lowest BCUT2D eigenvalue weighted by molar-refractivity contribution is -0.143. The molecule has 2 N–H and O–H groups in total. The monoisotopic (exact) mass is 355 g/mol. The van der Waals surface area contributed by atoms with Crippen LogP contribution in [0.3, 0.4) is 0 Å². The smallest absolute Gasteiger partial charge is 0.352 e. The largest absolute Gasteiger partial charge is 0.401 e. The molecule has 3 heterocycles. The van der Waals surface area contributed by atoms with Crippen molar-refractivity contribution in [2.45, 2.75) is 25.2 Å². The SMILES string of the molecule is CN=C(NCc1nnc2ccccn12)NC1CCN(CC(F)(F)F)C1. The number of nitrogens with one attached hydrogen (secondary N) is 2. The van der Waals surface area contributed by atoms with Crippen molar-refractivity contribution < 1.29 is 13.2 Å². The second-order valence-electron chi connectivity index (χ2n) is 5.95. The van der Waals surface area contributed by atoms with Crippen LogP contribution in [0.4, 0.5) is 13.2 Å². The van der Waals surface area contributed by atoms with Gasteiger partial charge in [0.05, 0.1) is 13.1 Å². The summed E-state index contributed by atoms with van der Waals surface area (Å²) in [6.45, 7) is 0.295. The van der Waals surface area contributed by atoms with Gasteiger partial charge >= 0.3 is 6.18 Å². The Kier molecular flexibility index (Phi) is 5.07. The minimum Gasteiger partial charge on any atom is -0.352 e. The summed E-state index contributed by atoms with van der Waals surface area (Å²) in [5.41, 5.74) is 0.751. The number of hydrogen-bond donors (Lipinski definition) is 2. The van der Waals surface area contributed by atoms with E-state index in [9.17, 15) is 13.2 Å². The number of alkyl halides is 3. The highest BCUT2D eigenvalue weighted by Gasteiger charge is 2.34. The molecule has 0 aromatic carbocycles. The van der Waals surface area contributed by atoms with Gasteiger partial charge in [-0.3, -0.25) is 14.3 Å². The number of likely N-dealkylation sites (tertiary alicyclic amines) is 1. The van der Waals surface area contributed by atoms with Gasteiger partial charge in [-0.2, -0.15) is 13.2 Å². The van der Waals surface area contributed by atoms with E-state index in [-0.39, 0.29) is 6.04 Å². The van der Waals surface area contributed by atoms with E-state index in [4.69, 9.17) is 0 Å². The minimum atomic E-state index is -4.16. The Morgan fingerprint density at radius 3 is 2.96 bits per heavy atom. The highest BCUT2D eigenvalue weighted by Crippen LogP contribution is 2.19. The third-order valence-electron chi connectivity index (χ3n) is 4.04. The molecule has 2 aromatic rings. The molecule has 0 spiro atoms. The quantitative estimate of drug-likeness (QED) is 0.633. The van der Waals surface area contributed by atoms with Crippen LogP contribution >= 0.6 is 0 Å². The molecule has 1 unspecified atom stereocenters. The van der Waals surface area contributed by atoms with Gasteiger partial charge in [-0.15, -0.1) is 10.2 Å². The maximum atomic E-state index is 12.5. The first-order valence-electron chi connectivity index (χ1n) is 7.99. The fourth-order valence-electron chi connectivity index (χ4n) is 2.91. The molecule has 1 atom stereocenters. The van der Waals surface area contributed by atoms with Gasteiger partial charge in [0.1, 0.15) is 0 Å². The second-order valence-corrected chi connectivity index (χ2v) is 5.95. The maximum Gasteiger partial charge on any atom is 0.401 e. The topological polar surface area (TPSA) is 69.8 Å². The summed E-state index contributed by atoms with van der Waals surface area (Å²) in [7, 11) is 1.62. The minimum absolute atomic E-state index is 0.0660. The van der Waals surface area contributed by atoms with Crippen LogP contribution in [-0.2, 0) is 6.54 Å². The van der Waals surface area contributed by atoms with Gasteiger partial charge in [0.15, 0.2) is 17.4 Å². The summed E-state index contributed by atoms with van der Waals surface area (Å²) < 4.78 is 39.2. The lowest BCUT2D eigenvalue weighted by Gasteiger charge is -2.19. The van der Waals surface area contributed by atoms with Crippen LogP contribution in [0.1, 0.15) is 12.2 Å². The van der Waals surface area contributed by atoms with E-state index in [2.05, 4.69) is 25.8 Å². The maximum absolute atomic E-state index is 12.5. The molecule has 0 amide bonds. The highest BCUT2D eigenvalue weighted by molar-refractivity contribution is 5.79. The molecule has 0 bridgehead atoms. The molecular weight excluding hydrogens is 335 g/mol. The number of rotatable bonds is 4. The van der Waals surface area contributed by atoms with Gasteiger partial charge in [-0.25, -0.2) is 0 Å². The molecule has 0 saturated carbocycles. The molecule has 3 rings (SSSR count). The molecule has 25 heavy (non-hydrogen) atoms. The molecule has 10 heteroatoms. The highest BCUT2D eigenvalue weighted by atomic mass is 19.4. The van der Waals surface area contributed by atoms with Gasteiger partial charge in [0.2, 0.25) is 0 Å². The third-order valence-corrected chi connectivity index (χ3v) is 4.04. The van der Waals surface area contributed by atoms with Crippen molar-refractivity contribution in [2.24, 2.45) is 4.99 Å². The van der Waals surface area contributed by atoms with Crippen molar-refractivity contribution in [3.63, 3.8) is 0 Å². The predicted molar refractivity (Wildman–Crippen MR) is 87.2 cm³/mol.